The van der Waals surface area contributed by atoms with Gasteiger partial charge in [-0.25, -0.2) is 4.68 Å². The van der Waals surface area contributed by atoms with Crippen LogP contribution in [0, 0.1) is 30.9 Å². The van der Waals surface area contributed by atoms with E-state index in [-0.39, 0.29) is 39.8 Å². The number of hydrogen-bond acceptors (Lipinski definition) is 7. The van der Waals surface area contributed by atoms with Crippen molar-refractivity contribution in [2.24, 2.45) is 0 Å². The van der Waals surface area contributed by atoms with Crippen molar-refractivity contribution in [3.8, 4) is 5.88 Å². The van der Waals surface area contributed by atoms with Crippen LogP contribution in [0.25, 0.3) is 5.57 Å². The zero-order valence-electron chi connectivity index (χ0n) is 21.4. The van der Waals surface area contributed by atoms with Crippen LogP contribution in [-0.2, 0) is 16.7 Å². The van der Waals surface area contributed by atoms with E-state index < -0.39 is 20.8 Å². The maximum atomic E-state index is 13.8. The number of aryl methyl sites for hydroxylation is 3. The fourth-order valence-corrected chi connectivity index (χ4v) is 4.87. The van der Waals surface area contributed by atoms with E-state index in [4.69, 9.17) is 4.18 Å². The lowest BCUT2D eigenvalue weighted by atomic mass is 9.90. The Kier molecular flexibility index (Phi) is 7.49. The fraction of sp³-hybridized carbons (Fsp3) is 0.308. The highest BCUT2D eigenvalue weighted by molar-refractivity contribution is 7.87. The quantitative estimate of drug-likeness (QED) is 0.168. The summed E-state index contributed by atoms with van der Waals surface area (Å²) in [7, 11) is -4.26. The molecule has 0 aliphatic carbocycles. The molecule has 3 rings (SSSR count). The van der Waals surface area contributed by atoms with Crippen LogP contribution < -0.4 is 4.18 Å². The Bertz CT molecular complexity index is 1500. The van der Waals surface area contributed by atoms with Gasteiger partial charge in [0.25, 0.3) is 5.69 Å². The molecule has 36 heavy (non-hydrogen) atoms. The molecule has 0 aliphatic heterocycles. The van der Waals surface area contributed by atoms with Crippen LogP contribution in [0.5, 0.6) is 5.88 Å². The second-order valence-corrected chi connectivity index (χ2v) is 10.3. The van der Waals surface area contributed by atoms with Gasteiger partial charge in [-0.2, -0.15) is 13.5 Å². The van der Waals surface area contributed by atoms with E-state index in [1.165, 1.54) is 28.9 Å². The van der Waals surface area contributed by atoms with Crippen LogP contribution in [0.15, 0.2) is 46.9 Å². The van der Waals surface area contributed by atoms with Crippen molar-refractivity contribution in [3.63, 3.8) is 0 Å². The molecule has 1 aromatic heterocycles. The smallest absolute Gasteiger partial charge is 0.340 e. The predicted molar refractivity (Wildman–Crippen MR) is 137 cm³/mol. The summed E-state index contributed by atoms with van der Waals surface area (Å²) in [6, 6.07) is 8.85. The number of carbonyl (C=O) groups excluding carboxylic acids is 1. The summed E-state index contributed by atoms with van der Waals surface area (Å²) >= 11 is 0. The Balaban J connectivity index is 2.20. The molecule has 9 nitrogen and oxygen atoms in total. The average molecular weight is 512 g/mol. The van der Waals surface area contributed by atoms with Gasteiger partial charge in [0.2, 0.25) is 11.7 Å². The number of nitrogens with zero attached hydrogens (tertiary/aromatic N) is 3. The molecule has 10 heteroatoms. The van der Waals surface area contributed by atoms with Gasteiger partial charge in [0.05, 0.1) is 16.2 Å². The van der Waals surface area contributed by atoms with Gasteiger partial charge in [-0.15, -0.1) is 0 Å². The summed E-state index contributed by atoms with van der Waals surface area (Å²) in [4.78, 5) is 25.0. The Hall–Kier alpha value is -3.79. The SMILES string of the molecule is CCn1nc(C)c(C(=O)c2ccc([N+](=O)[O-])c(C(C)=C(C)C)c2C)c1OS(=O)(=O)c1ccc(C)cc1. The molecule has 0 radical (unpaired) electrons. The molecule has 0 unspecified atom stereocenters. The second kappa shape index (κ2) is 10.1. The van der Waals surface area contributed by atoms with Crippen molar-refractivity contribution in [3.05, 3.63) is 85.6 Å². The molecule has 0 spiro atoms. The lowest BCUT2D eigenvalue weighted by Crippen LogP contribution is -2.16. The van der Waals surface area contributed by atoms with Gasteiger partial charge in [0.15, 0.2) is 0 Å². The molecule has 0 bridgehead atoms. The van der Waals surface area contributed by atoms with Gasteiger partial charge < -0.3 is 4.18 Å². The third kappa shape index (κ3) is 4.94. The van der Waals surface area contributed by atoms with E-state index in [9.17, 15) is 23.3 Å². The lowest BCUT2D eigenvalue weighted by molar-refractivity contribution is -0.385. The van der Waals surface area contributed by atoms with Gasteiger partial charge >= 0.3 is 10.1 Å². The average Bonchev–Trinajstić information content (AvgIpc) is 3.12. The monoisotopic (exact) mass is 511 g/mol. The molecule has 1 heterocycles. The van der Waals surface area contributed by atoms with Crippen molar-refractivity contribution in [1.29, 1.82) is 0 Å². The Morgan fingerprint density at radius 3 is 2.17 bits per heavy atom. The number of benzene rings is 2. The van der Waals surface area contributed by atoms with Crippen LogP contribution in [-0.4, -0.2) is 28.9 Å². The van der Waals surface area contributed by atoms with Gasteiger partial charge in [-0.3, -0.25) is 14.9 Å². The molecule has 190 valence electrons. The molecule has 0 atom stereocenters. The zero-order valence-corrected chi connectivity index (χ0v) is 22.2. The molecule has 0 fully saturated rings. The summed E-state index contributed by atoms with van der Waals surface area (Å²) < 4.78 is 32.9. The number of ketones is 1. The first-order valence-corrected chi connectivity index (χ1v) is 12.8. The fourth-order valence-electron chi connectivity index (χ4n) is 3.93. The molecule has 0 amide bonds. The summed E-state index contributed by atoms with van der Waals surface area (Å²) in [6.45, 7) is 12.5. The minimum atomic E-state index is -4.26. The van der Waals surface area contributed by atoms with Crippen LogP contribution in [0.4, 0.5) is 5.69 Å². The maximum Gasteiger partial charge on any atom is 0.340 e. The number of carbonyl (C=O) groups is 1. The zero-order chi connectivity index (χ0) is 26.9. The van der Waals surface area contributed by atoms with E-state index in [0.29, 0.717) is 16.7 Å². The van der Waals surface area contributed by atoms with Gasteiger partial charge in [0.1, 0.15) is 10.5 Å². The normalized spacial score (nSPS) is 11.3. The third-order valence-electron chi connectivity index (χ3n) is 6.12. The number of hydrogen-bond donors (Lipinski definition) is 0. The van der Waals surface area contributed by atoms with E-state index in [1.807, 2.05) is 20.8 Å². The van der Waals surface area contributed by atoms with Gasteiger partial charge in [-0.1, -0.05) is 23.3 Å². The number of allylic oxidation sites excluding steroid dienone is 2. The first-order valence-electron chi connectivity index (χ1n) is 11.4. The van der Waals surface area contributed by atoms with Crippen molar-refractivity contribution in [2.45, 2.75) is 59.9 Å². The van der Waals surface area contributed by atoms with Crippen molar-refractivity contribution >= 4 is 27.2 Å². The van der Waals surface area contributed by atoms with Crippen LogP contribution in [0.2, 0.25) is 0 Å². The highest BCUT2D eigenvalue weighted by Gasteiger charge is 2.31. The summed E-state index contributed by atoms with van der Waals surface area (Å²) in [5, 5.41) is 16.0. The molecular formula is C26H29N3O6S. The molecule has 0 N–H and O–H groups in total. The molecule has 0 aliphatic rings. The Morgan fingerprint density at radius 1 is 1.03 bits per heavy atom. The largest absolute Gasteiger partial charge is 0.358 e. The van der Waals surface area contributed by atoms with E-state index in [1.54, 1.807) is 39.8 Å². The first kappa shape index (κ1) is 26.8. The lowest BCUT2D eigenvalue weighted by Gasteiger charge is -2.14. The second-order valence-electron chi connectivity index (χ2n) is 8.78. The molecule has 0 saturated heterocycles. The number of nitro benzene ring substituents is 1. The topological polar surface area (TPSA) is 121 Å². The predicted octanol–water partition coefficient (Wildman–Crippen LogP) is 5.55. The van der Waals surface area contributed by atoms with Crippen molar-refractivity contribution in [2.75, 3.05) is 0 Å². The molecule has 3 aromatic rings. The minimum absolute atomic E-state index is 0.00899. The third-order valence-corrected chi connectivity index (χ3v) is 7.34. The number of nitro groups is 1. The van der Waals surface area contributed by atoms with Crippen LogP contribution in [0.1, 0.15) is 66.0 Å². The van der Waals surface area contributed by atoms with Crippen molar-refractivity contribution < 1.29 is 22.3 Å². The highest BCUT2D eigenvalue weighted by Crippen LogP contribution is 2.36. The van der Waals surface area contributed by atoms with Gasteiger partial charge in [0, 0.05) is 18.2 Å². The van der Waals surface area contributed by atoms with E-state index >= 15 is 0 Å². The van der Waals surface area contributed by atoms with Gasteiger partial charge in [-0.05, 0) is 77.8 Å². The maximum absolute atomic E-state index is 13.8. The van der Waals surface area contributed by atoms with Crippen LogP contribution >= 0.6 is 0 Å². The number of rotatable bonds is 8. The van der Waals surface area contributed by atoms with Crippen molar-refractivity contribution in [1.82, 2.24) is 9.78 Å². The summed E-state index contributed by atoms with van der Waals surface area (Å²) in [5.74, 6) is -0.727. The summed E-state index contributed by atoms with van der Waals surface area (Å²) in [5.41, 5.74) is 3.59. The highest BCUT2D eigenvalue weighted by atomic mass is 32.2. The van der Waals surface area contributed by atoms with Crippen LogP contribution in [0.3, 0.4) is 0 Å². The molecule has 2 aromatic carbocycles. The Labute approximate surface area is 210 Å². The first-order chi connectivity index (χ1) is 16.8. The standard InChI is InChI=1S/C26H29N3O6S/c1-8-28-26(35-36(33,34)20-11-9-16(4)10-12-20)24(19(7)27-28)25(30)21-13-14-22(29(31)32)23(18(21)6)17(5)15(2)3/h9-14H,8H2,1-7H3. The molecular weight excluding hydrogens is 482 g/mol. The minimum Gasteiger partial charge on any atom is -0.358 e. The van der Waals surface area contributed by atoms with E-state index in [0.717, 1.165) is 11.1 Å². The Morgan fingerprint density at radius 2 is 1.64 bits per heavy atom. The van der Waals surface area contributed by atoms with E-state index in [2.05, 4.69) is 5.10 Å². The number of aromatic nitrogens is 2. The summed E-state index contributed by atoms with van der Waals surface area (Å²) in [6.07, 6.45) is 0. The molecule has 0 saturated carbocycles.